The second-order valence-electron chi connectivity index (χ2n) is 1.70. The second-order valence-corrected chi connectivity index (χ2v) is 2.07. The summed E-state index contributed by atoms with van der Waals surface area (Å²) in [7, 11) is 0. The molecule has 0 spiro atoms. The molecule has 0 unspecified atom stereocenters. The molecule has 0 saturated heterocycles. The van der Waals surface area contributed by atoms with Gasteiger partial charge in [-0.25, -0.2) is 0 Å². The molecule has 0 heterocycles. The number of halogens is 1. The molecular weight excluding hydrogens is 184 g/mol. The first-order valence-corrected chi connectivity index (χ1v) is 3.49. The molecule has 0 radical (unpaired) electrons. The topological polar surface area (TPSA) is 29.5 Å². The van der Waals surface area contributed by atoms with Crippen LogP contribution in [-0.4, -0.2) is 17.8 Å². The number of allylic oxidation sites excluding steroid dienone is 1. The molecule has 0 saturated carbocycles. The molecule has 0 aromatic carbocycles. The zero-order valence-corrected chi connectivity index (χ0v) is 6.97. The van der Waals surface area contributed by atoms with E-state index in [1.807, 2.05) is 19.1 Å². The zero-order valence-electron chi connectivity index (χ0n) is 5.38. The molecule has 9 heavy (non-hydrogen) atoms. The van der Waals surface area contributed by atoms with Crippen molar-refractivity contribution in [1.82, 2.24) is 0 Å². The quantitative estimate of drug-likeness (QED) is 0.691. The molecule has 1 N–H and O–H groups in total. The molecular formula is C6H11BrO2. The molecule has 0 aromatic heterocycles. The van der Waals surface area contributed by atoms with Crippen LogP contribution in [0.4, 0.5) is 0 Å². The molecule has 0 aromatic rings. The molecule has 0 rings (SSSR count). The lowest BCUT2D eigenvalue weighted by atomic mass is 10.2. The number of aliphatic hydroxyl groups is 1. The average molecular weight is 195 g/mol. The van der Waals surface area contributed by atoms with Gasteiger partial charge in [0.2, 0.25) is 0 Å². The highest BCUT2D eigenvalue weighted by molar-refractivity contribution is 9.06. The Bertz CT molecular complexity index is 79.1. The van der Waals surface area contributed by atoms with Gasteiger partial charge in [0, 0.05) is 0 Å². The van der Waals surface area contributed by atoms with Gasteiger partial charge in [0.15, 0.2) is 0 Å². The van der Waals surface area contributed by atoms with E-state index >= 15 is 0 Å². The van der Waals surface area contributed by atoms with Crippen molar-refractivity contribution >= 4 is 16.3 Å². The van der Waals surface area contributed by atoms with Crippen LogP contribution in [0.1, 0.15) is 13.3 Å². The van der Waals surface area contributed by atoms with Crippen molar-refractivity contribution in [3.63, 3.8) is 0 Å². The van der Waals surface area contributed by atoms with E-state index in [1.54, 1.807) is 0 Å². The van der Waals surface area contributed by atoms with Crippen LogP contribution in [0.2, 0.25) is 0 Å². The molecule has 0 aliphatic heterocycles. The zero-order chi connectivity index (χ0) is 7.11. The lowest BCUT2D eigenvalue weighted by Crippen LogP contribution is -2.10. The van der Waals surface area contributed by atoms with Gasteiger partial charge in [0.1, 0.15) is 0 Å². The highest BCUT2D eigenvalue weighted by Crippen LogP contribution is 2.02. The normalized spacial score (nSPS) is 14.6. The Morgan fingerprint density at radius 2 is 2.44 bits per heavy atom. The number of hydrogen-bond acceptors (Lipinski definition) is 2. The summed E-state index contributed by atoms with van der Waals surface area (Å²) in [5.74, 6) is 0. The minimum Gasteiger partial charge on any atom is -0.394 e. The van der Waals surface area contributed by atoms with Crippen molar-refractivity contribution in [2.75, 3.05) is 6.61 Å². The van der Waals surface area contributed by atoms with Gasteiger partial charge in [-0.15, -0.1) is 0 Å². The first-order valence-electron chi connectivity index (χ1n) is 2.84. The molecule has 0 aliphatic rings. The summed E-state index contributed by atoms with van der Waals surface area (Å²) in [4.78, 5) is 0. The van der Waals surface area contributed by atoms with E-state index < -0.39 is 0 Å². The molecule has 0 fully saturated rings. The summed E-state index contributed by atoms with van der Waals surface area (Å²) in [6.45, 7) is 1.98. The van der Waals surface area contributed by atoms with Crippen LogP contribution in [0.25, 0.3) is 0 Å². The lowest BCUT2D eigenvalue weighted by Gasteiger charge is -2.05. The van der Waals surface area contributed by atoms with Crippen molar-refractivity contribution in [2.45, 2.75) is 19.4 Å². The van der Waals surface area contributed by atoms with Crippen molar-refractivity contribution in [3.05, 3.63) is 12.2 Å². The van der Waals surface area contributed by atoms with Crippen LogP contribution < -0.4 is 0 Å². The van der Waals surface area contributed by atoms with Crippen LogP contribution in [0.5, 0.6) is 0 Å². The van der Waals surface area contributed by atoms with Crippen LogP contribution in [0.15, 0.2) is 12.2 Å². The summed E-state index contributed by atoms with van der Waals surface area (Å²) in [6.07, 6.45) is 4.51. The van der Waals surface area contributed by atoms with E-state index in [-0.39, 0.29) is 12.7 Å². The predicted molar refractivity (Wildman–Crippen MR) is 40.3 cm³/mol. The fourth-order valence-corrected chi connectivity index (χ4v) is 0.698. The number of rotatable bonds is 4. The lowest BCUT2D eigenvalue weighted by molar-refractivity contribution is 0.147. The van der Waals surface area contributed by atoms with Crippen molar-refractivity contribution < 1.29 is 8.93 Å². The third-order valence-electron chi connectivity index (χ3n) is 0.964. The number of aliphatic hydroxyl groups excluding tert-OH is 1. The van der Waals surface area contributed by atoms with Gasteiger partial charge < -0.3 is 8.93 Å². The maximum absolute atomic E-state index is 8.56. The van der Waals surface area contributed by atoms with Gasteiger partial charge in [0.25, 0.3) is 0 Å². The number of hydrogen-bond donors (Lipinski definition) is 1. The van der Waals surface area contributed by atoms with Gasteiger partial charge in [-0.1, -0.05) is 12.2 Å². The third kappa shape index (κ3) is 4.63. The fraction of sp³-hybridized carbons (Fsp3) is 0.667. The summed E-state index contributed by atoms with van der Waals surface area (Å²) < 4.78 is 4.71. The van der Waals surface area contributed by atoms with Gasteiger partial charge >= 0.3 is 0 Å². The van der Waals surface area contributed by atoms with Crippen molar-refractivity contribution in [1.29, 1.82) is 0 Å². The van der Waals surface area contributed by atoms with E-state index in [0.717, 1.165) is 6.42 Å². The van der Waals surface area contributed by atoms with Crippen LogP contribution in [-0.2, 0) is 3.83 Å². The second kappa shape index (κ2) is 6.26. The average Bonchev–Trinajstić information content (AvgIpc) is 1.91. The SMILES string of the molecule is C/C=C/C[C@H](CO)OBr. The van der Waals surface area contributed by atoms with E-state index in [2.05, 4.69) is 16.3 Å². The van der Waals surface area contributed by atoms with Crippen LogP contribution in [0, 0.1) is 0 Å². The first kappa shape index (κ1) is 9.14. The summed E-state index contributed by atoms with van der Waals surface area (Å²) in [5, 5.41) is 8.56. The maximum atomic E-state index is 8.56. The van der Waals surface area contributed by atoms with Gasteiger partial charge in [-0.05, 0) is 13.3 Å². The predicted octanol–water partition coefficient (Wildman–Crippen LogP) is 1.64. The first-order chi connectivity index (χ1) is 4.35. The third-order valence-corrected chi connectivity index (χ3v) is 1.49. The molecule has 1 atom stereocenters. The molecule has 2 nitrogen and oxygen atoms in total. The van der Waals surface area contributed by atoms with Gasteiger partial charge in [-0.2, -0.15) is 0 Å². The molecule has 54 valence electrons. The van der Waals surface area contributed by atoms with E-state index in [9.17, 15) is 0 Å². The highest BCUT2D eigenvalue weighted by atomic mass is 79.9. The fourth-order valence-electron chi connectivity index (χ4n) is 0.427. The Labute approximate surface area is 64.0 Å². The molecule has 0 amide bonds. The smallest absolute Gasteiger partial charge is 0.0991 e. The van der Waals surface area contributed by atoms with Gasteiger partial charge in [0.05, 0.1) is 29.0 Å². The highest BCUT2D eigenvalue weighted by Gasteiger charge is 2.01. The van der Waals surface area contributed by atoms with E-state index in [1.165, 1.54) is 0 Å². The van der Waals surface area contributed by atoms with Crippen LogP contribution >= 0.6 is 16.3 Å². The van der Waals surface area contributed by atoms with E-state index in [4.69, 9.17) is 8.93 Å². The molecule has 0 aliphatic carbocycles. The minimum absolute atomic E-state index is 0.0512. The van der Waals surface area contributed by atoms with Crippen molar-refractivity contribution in [2.24, 2.45) is 0 Å². The van der Waals surface area contributed by atoms with Gasteiger partial charge in [-0.3, -0.25) is 0 Å². The Balaban J connectivity index is 3.31. The largest absolute Gasteiger partial charge is 0.394 e. The van der Waals surface area contributed by atoms with Crippen molar-refractivity contribution in [3.8, 4) is 0 Å². The summed E-state index contributed by atoms with van der Waals surface area (Å²) in [5.41, 5.74) is 0. The standard InChI is InChI=1S/C6H11BrO2/c1-2-3-4-6(5-8)9-7/h2-3,6,8H,4-5H2,1H3/b3-2+/t6-/m1/s1. The summed E-state index contributed by atoms with van der Waals surface area (Å²) in [6, 6.07) is 0. The molecule has 3 heteroatoms. The Hall–Kier alpha value is 0.140. The summed E-state index contributed by atoms with van der Waals surface area (Å²) >= 11 is 2.81. The van der Waals surface area contributed by atoms with Crippen LogP contribution in [0.3, 0.4) is 0 Å². The monoisotopic (exact) mass is 194 g/mol. The Morgan fingerprint density at radius 1 is 1.78 bits per heavy atom. The Kier molecular flexibility index (Phi) is 6.36. The molecule has 0 bridgehead atoms. The maximum Gasteiger partial charge on any atom is 0.0991 e. The Morgan fingerprint density at radius 3 is 2.78 bits per heavy atom. The van der Waals surface area contributed by atoms with E-state index in [0.29, 0.717) is 0 Å². The minimum atomic E-state index is -0.110.